The van der Waals surface area contributed by atoms with Crippen LogP contribution in [0.3, 0.4) is 0 Å². The summed E-state index contributed by atoms with van der Waals surface area (Å²) in [5.74, 6) is 0.540. The number of fused-ring (bicyclic) bond motifs is 1. The third-order valence-corrected chi connectivity index (χ3v) is 7.39. The van der Waals surface area contributed by atoms with Gasteiger partial charge in [0.25, 0.3) is 10.0 Å². The molecule has 4 aromatic rings. The normalized spacial score (nSPS) is 11.7. The summed E-state index contributed by atoms with van der Waals surface area (Å²) in [4.78, 5) is 20.8. The van der Waals surface area contributed by atoms with E-state index in [-0.39, 0.29) is 46.5 Å². The SMILES string of the molecule is CCc1nc2cc(C(F)(F)F)c(Cl)cc2n1-c1ccc(CCNC(=O)NS(=O)(=O)c2ccc(C)cc2)nc1.[NaH]. The summed E-state index contributed by atoms with van der Waals surface area (Å²) in [6.07, 6.45) is -2.28. The number of carbonyl (C=O) groups excluding carboxylic acids is 1. The predicted octanol–water partition coefficient (Wildman–Crippen LogP) is 4.55. The Morgan fingerprint density at radius 2 is 1.79 bits per heavy atom. The van der Waals surface area contributed by atoms with Crippen molar-refractivity contribution in [2.24, 2.45) is 0 Å². The van der Waals surface area contributed by atoms with E-state index in [1.165, 1.54) is 18.2 Å². The Morgan fingerprint density at radius 3 is 2.38 bits per heavy atom. The van der Waals surface area contributed by atoms with Crippen LogP contribution in [0.2, 0.25) is 5.02 Å². The molecular formula is C25H24ClF3N5NaO3S. The van der Waals surface area contributed by atoms with Gasteiger partial charge < -0.3 is 5.32 Å². The molecule has 8 nitrogen and oxygen atoms in total. The van der Waals surface area contributed by atoms with Crippen LogP contribution in [-0.2, 0) is 29.0 Å². The van der Waals surface area contributed by atoms with Crippen molar-refractivity contribution in [2.45, 2.75) is 37.8 Å². The van der Waals surface area contributed by atoms with E-state index in [1.54, 1.807) is 35.0 Å². The average molecular weight is 590 g/mol. The Labute approximate surface area is 250 Å². The number of benzene rings is 2. The number of imidazole rings is 1. The van der Waals surface area contributed by atoms with Crippen molar-refractivity contribution >= 4 is 68.2 Å². The number of halogens is 4. The van der Waals surface area contributed by atoms with E-state index in [2.05, 4.69) is 15.3 Å². The zero-order valence-electron chi connectivity index (χ0n) is 20.3. The topological polar surface area (TPSA) is 106 Å². The van der Waals surface area contributed by atoms with Crippen molar-refractivity contribution in [2.75, 3.05) is 6.54 Å². The molecule has 2 heterocycles. The second kappa shape index (κ2) is 12.3. The third kappa shape index (κ3) is 7.12. The van der Waals surface area contributed by atoms with Crippen LogP contribution in [0, 0.1) is 6.92 Å². The second-order valence-electron chi connectivity index (χ2n) is 8.47. The van der Waals surface area contributed by atoms with Crippen LogP contribution < -0.4 is 10.0 Å². The molecule has 14 heteroatoms. The molecule has 0 saturated carbocycles. The molecule has 0 bridgehead atoms. The first-order valence-corrected chi connectivity index (χ1v) is 13.4. The number of amides is 2. The summed E-state index contributed by atoms with van der Waals surface area (Å²) in [6.45, 7) is 3.77. The Balaban J connectivity index is 0.00000420. The maximum absolute atomic E-state index is 13.3. The van der Waals surface area contributed by atoms with Gasteiger partial charge in [-0.2, -0.15) is 13.2 Å². The summed E-state index contributed by atoms with van der Waals surface area (Å²) in [7, 11) is -4.00. The number of urea groups is 1. The first-order valence-electron chi connectivity index (χ1n) is 11.5. The number of aryl methyl sites for hydroxylation is 2. The fourth-order valence-electron chi connectivity index (χ4n) is 3.83. The number of nitrogens with zero attached hydrogens (tertiary/aromatic N) is 3. The molecule has 4 rings (SSSR count). The van der Waals surface area contributed by atoms with Crippen LogP contribution in [0.4, 0.5) is 18.0 Å². The molecule has 2 aromatic carbocycles. The van der Waals surface area contributed by atoms with Gasteiger partial charge in [0.05, 0.1) is 38.4 Å². The molecule has 0 spiro atoms. The van der Waals surface area contributed by atoms with Crippen molar-refractivity contribution in [3.8, 4) is 5.69 Å². The Bertz CT molecular complexity index is 1590. The van der Waals surface area contributed by atoms with Gasteiger partial charge >= 0.3 is 41.8 Å². The molecule has 2 N–H and O–H groups in total. The van der Waals surface area contributed by atoms with Gasteiger partial charge in [0.2, 0.25) is 0 Å². The Kier molecular flexibility index (Phi) is 9.71. The van der Waals surface area contributed by atoms with E-state index in [0.717, 1.165) is 11.6 Å². The number of sulfonamides is 1. The number of pyridine rings is 1. The molecule has 0 radical (unpaired) electrons. The van der Waals surface area contributed by atoms with Crippen molar-refractivity contribution in [1.29, 1.82) is 0 Å². The number of hydrogen-bond donors (Lipinski definition) is 2. The van der Waals surface area contributed by atoms with E-state index >= 15 is 0 Å². The van der Waals surface area contributed by atoms with Gasteiger partial charge in [-0.25, -0.2) is 22.9 Å². The molecule has 202 valence electrons. The molecule has 0 aliphatic heterocycles. The van der Waals surface area contributed by atoms with Crippen LogP contribution in [-0.4, -0.2) is 65.1 Å². The number of carbonyl (C=O) groups is 1. The van der Waals surface area contributed by atoms with Gasteiger partial charge in [-0.15, -0.1) is 0 Å². The minimum absolute atomic E-state index is 0. The molecule has 2 aromatic heterocycles. The van der Waals surface area contributed by atoms with Crippen LogP contribution in [0.25, 0.3) is 16.7 Å². The summed E-state index contributed by atoms with van der Waals surface area (Å²) >= 11 is 5.93. The summed E-state index contributed by atoms with van der Waals surface area (Å²) in [6, 6.07) is 10.8. The summed E-state index contributed by atoms with van der Waals surface area (Å²) in [5, 5.41) is 2.06. The third-order valence-electron chi connectivity index (χ3n) is 5.73. The second-order valence-corrected chi connectivity index (χ2v) is 10.6. The standard InChI is InChI=1S/C25H23ClF3N5O3S.Na.H/c1-3-23-32-21-12-19(25(27,28)29)20(26)13-22(21)34(23)17-7-6-16(31-14-17)10-11-30-24(35)33-38(36,37)18-8-4-15(2)5-9-18;;/h4-9,12-14H,3,10-11H2,1-2H3,(H2,30,33,35);;. The van der Waals surface area contributed by atoms with Crippen LogP contribution in [0.15, 0.2) is 59.6 Å². The first kappa shape index (κ1) is 30.9. The first-order chi connectivity index (χ1) is 17.9. The summed E-state index contributed by atoms with van der Waals surface area (Å²) in [5.41, 5.74) is 1.71. The van der Waals surface area contributed by atoms with E-state index in [4.69, 9.17) is 11.6 Å². The van der Waals surface area contributed by atoms with Crippen LogP contribution in [0.1, 0.15) is 29.6 Å². The predicted molar refractivity (Wildman–Crippen MR) is 144 cm³/mol. The molecule has 0 aliphatic rings. The van der Waals surface area contributed by atoms with E-state index < -0.39 is 32.8 Å². The molecule has 0 aliphatic carbocycles. The van der Waals surface area contributed by atoms with Gasteiger partial charge in [0, 0.05) is 25.1 Å². The zero-order valence-corrected chi connectivity index (χ0v) is 21.9. The average Bonchev–Trinajstić information content (AvgIpc) is 3.20. The zero-order chi connectivity index (χ0) is 27.7. The molecule has 0 fully saturated rings. The molecule has 39 heavy (non-hydrogen) atoms. The summed E-state index contributed by atoms with van der Waals surface area (Å²) < 4.78 is 68.1. The maximum atomic E-state index is 13.3. The van der Waals surface area contributed by atoms with E-state index in [9.17, 15) is 26.4 Å². The number of hydrogen-bond acceptors (Lipinski definition) is 5. The van der Waals surface area contributed by atoms with Gasteiger partial charge in [0.1, 0.15) is 5.82 Å². The van der Waals surface area contributed by atoms with Crippen LogP contribution >= 0.6 is 11.6 Å². The molecular weight excluding hydrogens is 566 g/mol. The Hall–Kier alpha value is -2.64. The number of nitrogens with one attached hydrogen (secondary N) is 2. The minimum atomic E-state index is -4.60. The van der Waals surface area contributed by atoms with Gasteiger partial charge in [-0.05, 0) is 43.3 Å². The van der Waals surface area contributed by atoms with E-state index in [1.807, 2.05) is 18.6 Å². The number of rotatable bonds is 7. The molecule has 0 atom stereocenters. The van der Waals surface area contributed by atoms with Crippen molar-refractivity contribution in [3.05, 3.63) is 82.4 Å². The number of aromatic nitrogens is 3. The number of alkyl halides is 3. The van der Waals surface area contributed by atoms with Gasteiger partial charge in [0.15, 0.2) is 0 Å². The Morgan fingerprint density at radius 1 is 1.10 bits per heavy atom. The fraction of sp³-hybridized carbons (Fsp3) is 0.240. The monoisotopic (exact) mass is 589 g/mol. The molecule has 0 unspecified atom stereocenters. The van der Waals surface area contributed by atoms with Gasteiger partial charge in [-0.3, -0.25) is 9.55 Å². The van der Waals surface area contributed by atoms with E-state index in [0.29, 0.717) is 35.6 Å². The van der Waals surface area contributed by atoms with Gasteiger partial charge in [-0.1, -0.05) is 36.2 Å². The molecule has 0 saturated heterocycles. The fourth-order valence-corrected chi connectivity index (χ4v) is 5.02. The van der Waals surface area contributed by atoms with Crippen molar-refractivity contribution in [3.63, 3.8) is 0 Å². The quantitative estimate of drug-likeness (QED) is 0.308. The van der Waals surface area contributed by atoms with Crippen molar-refractivity contribution in [1.82, 2.24) is 24.6 Å². The van der Waals surface area contributed by atoms with Crippen LogP contribution in [0.5, 0.6) is 0 Å². The van der Waals surface area contributed by atoms with Crippen molar-refractivity contribution < 1.29 is 26.4 Å². The molecule has 2 amide bonds.